The van der Waals surface area contributed by atoms with Crippen molar-refractivity contribution in [3.05, 3.63) is 36.5 Å². The summed E-state index contributed by atoms with van der Waals surface area (Å²) in [6.07, 6.45) is 41.6. The molecular weight excluding hydrogens is 733 g/mol. The molecule has 0 aromatic heterocycles. The Kier molecular flexibility index (Phi) is 38.3. The van der Waals surface area contributed by atoms with Gasteiger partial charge in [0.2, 0.25) is 0 Å². The van der Waals surface area contributed by atoms with E-state index in [0.717, 1.165) is 38.5 Å². The lowest BCUT2D eigenvalue weighted by atomic mass is 9.99. The van der Waals surface area contributed by atoms with Gasteiger partial charge in [-0.25, -0.2) is 0 Å². The minimum Gasteiger partial charge on any atom is -0.457 e. The van der Waals surface area contributed by atoms with E-state index >= 15 is 0 Å². The Bertz CT molecular complexity index is 983. The molecule has 0 radical (unpaired) electrons. The summed E-state index contributed by atoms with van der Waals surface area (Å²) in [5.74, 6) is -0.319. The first kappa shape index (κ1) is 54.4. The van der Waals surface area contributed by atoms with Crippen LogP contribution in [0.1, 0.15) is 206 Å². The van der Waals surface area contributed by atoms with Crippen LogP contribution in [0.5, 0.6) is 0 Å². The molecule has 0 amide bonds. The number of esters is 1. The number of hydrogen-bond donors (Lipinski definition) is 4. The van der Waals surface area contributed by atoms with Crippen LogP contribution in [0.3, 0.4) is 0 Å². The number of carbonyl (C=O) groups is 1. The van der Waals surface area contributed by atoms with Gasteiger partial charge < -0.3 is 39.4 Å². The van der Waals surface area contributed by atoms with Crippen molar-refractivity contribution in [2.24, 2.45) is 0 Å². The highest BCUT2D eigenvalue weighted by Crippen LogP contribution is 2.22. The summed E-state index contributed by atoms with van der Waals surface area (Å²) in [5.41, 5.74) is 0. The van der Waals surface area contributed by atoms with E-state index in [-0.39, 0.29) is 19.2 Å². The van der Waals surface area contributed by atoms with E-state index in [1.165, 1.54) is 148 Å². The molecular formula is C49H90O9. The zero-order valence-corrected chi connectivity index (χ0v) is 37.3. The van der Waals surface area contributed by atoms with E-state index in [2.05, 4.69) is 50.3 Å². The first-order chi connectivity index (χ1) is 28.4. The van der Waals surface area contributed by atoms with E-state index in [1.807, 2.05) is 0 Å². The lowest BCUT2D eigenvalue weighted by Crippen LogP contribution is -2.59. The fourth-order valence-corrected chi connectivity index (χ4v) is 7.22. The summed E-state index contributed by atoms with van der Waals surface area (Å²) in [7, 11) is 0. The minimum atomic E-state index is -1.54. The van der Waals surface area contributed by atoms with Crippen molar-refractivity contribution in [1.29, 1.82) is 0 Å². The molecule has 1 saturated heterocycles. The normalized spacial score (nSPS) is 20.6. The number of aliphatic hydroxyl groups excluding tert-OH is 4. The van der Waals surface area contributed by atoms with E-state index in [1.54, 1.807) is 0 Å². The Labute approximate surface area is 355 Å². The van der Waals surface area contributed by atoms with Crippen LogP contribution in [0.4, 0.5) is 0 Å². The van der Waals surface area contributed by atoms with E-state index in [0.29, 0.717) is 13.0 Å². The number of carbonyl (C=O) groups excluding carboxylic acids is 1. The van der Waals surface area contributed by atoms with Crippen LogP contribution < -0.4 is 0 Å². The molecule has 1 aliphatic heterocycles. The molecule has 6 atom stereocenters. The predicted octanol–water partition coefficient (Wildman–Crippen LogP) is 11.1. The number of rotatable bonds is 41. The first-order valence-electron chi connectivity index (χ1n) is 24.1. The molecule has 1 heterocycles. The highest BCUT2D eigenvalue weighted by molar-refractivity contribution is 5.69. The van der Waals surface area contributed by atoms with E-state index in [4.69, 9.17) is 18.9 Å². The summed E-state index contributed by atoms with van der Waals surface area (Å²) in [5, 5.41) is 40.2. The van der Waals surface area contributed by atoms with Crippen molar-refractivity contribution in [3.63, 3.8) is 0 Å². The van der Waals surface area contributed by atoms with Crippen LogP contribution in [0.15, 0.2) is 36.5 Å². The Hall–Kier alpha value is -1.59. The summed E-state index contributed by atoms with van der Waals surface area (Å²) in [6, 6.07) is 0. The minimum absolute atomic E-state index is 0.116. The van der Waals surface area contributed by atoms with Gasteiger partial charge in [0.05, 0.1) is 19.8 Å². The quantitative estimate of drug-likeness (QED) is 0.0270. The highest BCUT2D eigenvalue weighted by atomic mass is 16.7. The fourth-order valence-electron chi connectivity index (χ4n) is 7.22. The molecule has 9 heteroatoms. The number of aliphatic hydroxyl groups is 4. The largest absolute Gasteiger partial charge is 0.457 e. The molecule has 9 nitrogen and oxygen atoms in total. The second-order valence-corrected chi connectivity index (χ2v) is 16.6. The third-order valence-corrected chi connectivity index (χ3v) is 11.0. The van der Waals surface area contributed by atoms with Gasteiger partial charge in [-0.15, -0.1) is 0 Å². The number of allylic oxidation sites excluding steroid dienone is 6. The second-order valence-electron chi connectivity index (χ2n) is 16.6. The second kappa shape index (κ2) is 40.8. The maximum atomic E-state index is 12.8. The average molecular weight is 823 g/mol. The molecule has 1 fully saturated rings. The van der Waals surface area contributed by atoms with Gasteiger partial charge in [-0.1, -0.05) is 166 Å². The molecule has 6 unspecified atom stereocenters. The lowest BCUT2D eigenvalue weighted by molar-refractivity contribution is -0.305. The van der Waals surface area contributed by atoms with Crippen molar-refractivity contribution in [1.82, 2.24) is 0 Å². The number of hydrogen-bond acceptors (Lipinski definition) is 9. The van der Waals surface area contributed by atoms with Gasteiger partial charge in [0.25, 0.3) is 0 Å². The summed E-state index contributed by atoms with van der Waals surface area (Å²) >= 11 is 0. The molecule has 0 bridgehead atoms. The third-order valence-electron chi connectivity index (χ3n) is 11.0. The van der Waals surface area contributed by atoms with Crippen molar-refractivity contribution >= 4 is 5.97 Å². The molecule has 0 saturated carbocycles. The van der Waals surface area contributed by atoms with Crippen molar-refractivity contribution in [2.75, 3.05) is 26.4 Å². The maximum Gasteiger partial charge on any atom is 0.306 e. The molecule has 0 aliphatic carbocycles. The Balaban J connectivity index is 2.24. The molecule has 0 aromatic rings. The summed E-state index contributed by atoms with van der Waals surface area (Å²) in [4.78, 5) is 12.8. The fraction of sp³-hybridized carbons (Fsp3) is 0.857. The Morgan fingerprint density at radius 1 is 0.552 bits per heavy atom. The van der Waals surface area contributed by atoms with Crippen LogP contribution in [0, 0.1) is 0 Å². The molecule has 0 spiro atoms. The van der Waals surface area contributed by atoms with Gasteiger partial charge in [-0.3, -0.25) is 4.79 Å². The Morgan fingerprint density at radius 2 is 1.00 bits per heavy atom. The smallest absolute Gasteiger partial charge is 0.306 e. The first-order valence-corrected chi connectivity index (χ1v) is 24.1. The molecule has 58 heavy (non-hydrogen) atoms. The van der Waals surface area contributed by atoms with Crippen LogP contribution in [0.25, 0.3) is 0 Å². The maximum absolute atomic E-state index is 12.8. The molecule has 1 rings (SSSR count). The van der Waals surface area contributed by atoms with Gasteiger partial charge in [-0.05, 0) is 70.6 Å². The average Bonchev–Trinajstić information content (AvgIpc) is 3.22. The molecule has 1 aliphatic rings. The molecule has 340 valence electrons. The van der Waals surface area contributed by atoms with Gasteiger partial charge in [0.15, 0.2) is 6.29 Å². The van der Waals surface area contributed by atoms with Crippen LogP contribution in [-0.2, 0) is 23.7 Å². The highest BCUT2D eigenvalue weighted by Gasteiger charge is 2.44. The number of ether oxygens (including phenoxy) is 4. The van der Waals surface area contributed by atoms with Crippen molar-refractivity contribution in [3.8, 4) is 0 Å². The summed E-state index contributed by atoms with van der Waals surface area (Å²) < 4.78 is 22.9. The SMILES string of the molecule is CCCCC/C=C\C/C=C\CCCCCCCCCCOCC(COC1OC(CO)C(O)C(O)C1O)OC(=O)CCCCCCCCC/C=C\CCCCCCCC. The van der Waals surface area contributed by atoms with Crippen molar-refractivity contribution in [2.45, 2.75) is 243 Å². The van der Waals surface area contributed by atoms with Gasteiger partial charge >= 0.3 is 5.97 Å². The standard InChI is InChI=1S/C49H90O9/c1-3-5-7-9-11-13-15-17-19-21-23-25-27-29-31-33-35-37-39-55-41-43(42-56-49-48(54)47(53)46(52)44(40-50)58-49)57-45(51)38-36-34-32-30-28-26-24-22-20-18-16-14-12-10-8-6-4-2/h11,13,17-20,43-44,46-50,52-54H,3-10,12,14-16,21-42H2,1-2H3/b13-11-,19-17-,20-18-. The lowest BCUT2D eigenvalue weighted by Gasteiger charge is -2.39. The zero-order chi connectivity index (χ0) is 42.2. The van der Waals surface area contributed by atoms with Gasteiger partial charge in [-0.2, -0.15) is 0 Å². The topological polar surface area (TPSA) is 135 Å². The van der Waals surface area contributed by atoms with Crippen LogP contribution >= 0.6 is 0 Å². The monoisotopic (exact) mass is 823 g/mol. The summed E-state index contributed by atoms with van der Waals surface area (Å²) in [6.45, 7) is 4.53. The van der Waals surface area contributed by atoms with E-state index in [9.17, 15) is 25.2 Å². The van der Waals surface area contributed by atoms with Gasteiger partial charge in [0.1, 0.15) is 30.5 Å². The molecule has 4 N–H and O–H groups in total. The Morgan fingerprint density at radius 3 is 1.53 bits per heavy atom. The predicted molar refractivity (Wildman–Crippen MR) is 238 cm³/mol. The van der Waals surface area contributed by atoms with Crippen molar-refractivity contribution < 1.29 is 44.2 Å². The van der Waals surface area contributed by atoms with Gasteiger partial charge in [0, 0.05) is 13.0 Å². The zero-order valence-electron chi connectivity index (χ0n) is 37.3. The third kappa shape index (κ3) is 31.3. The number of unbranched alkanes of at least 4 members (excludes halogenated alkanes) is 24. The van der Waals surface area contributed by atoms with Crippen LogP contribution in [0.2, 0.25) is 0 Å². The van der Waals surface area contributed by atoms with E-state index < -0.39 is 43.4 Å². The molecule has 0 aromatic carbocycles. The van der Waals surface area contributed by atoms with Crippen LogP contribution in [-0.4, -0.2) is 89.6 Å².